The zero-order chi connectivity index (χ0) is 20.7. The highest BCUT2D eigenvalue weighted by atomic mass is 19.4. The molecule has 0 unspecified atom stereocenters. The fourth-order valence-electron chi connectivity index (χ4n) is 2.44. The summed E-state index contributed by atoms with van der Waals surface area (Å²) in [5.41, 5.74) is -3.62. The van der Waals surface area contributed by atoms with Gasteiger partial charge in [-0.15, -0.1) is 0 Å². The van der Waals surface area contributed by atoms with Crippen molar-refractivity contribution in [3.05, 3.63) is 53.1 Å². The summed E-state index contributed by atoms with van der Waals surface area (Å²) in [4.78, 5) is 23.4. The summed E-state index contributed by atoms with van der Waals surface area (Å²) in [6, 6.07) is 4.57. The lowest BCUT2D eigenvalue weighted by Gasteiger charge is -2.19. The molecule has 1 aliphatic rings. The van der Waals surface area contributed by atoms with Gasteiger partial charge in [-0.25, -0.2) is 0 Å². The molecule has 1 heterocycles. The summed E-state index contributed by atoms with van der Waals surface area (Å²) < 4.78 is 82.5. The van der Waals surface area contributed by atoms with Crippen LogP contribution in [-0.4, -0.2) is 18.4 Å². The van der Waals surface area contributed by atoms with E-state index in [-0.39, 0.29) is 24.1 Å². The quantitative estimate of drug-likeness (QED) is 0.734. The molecule has 0 aliphatic carbocycles. The maximum Gasteiger partial charge on any atom is 0.416 e. The van der Waals surface area contributed by atoms with Crippen molar-refractivity contribution in [2.45, 2.75) is 12.4 Å². The molecule has 28 heavy (non-hydrogen) atoms. The molecular formula is C17H10F6N2O3. The topological polar surface area (TPSA) is 67.4 Å². The molecule has 5 nitrogen and oxygen atoms in total. The summed E-state index contributed by atoms with van der Waals surface area (Å²) in [5.74, 6) is -1.37. The zero-order valence-electron chi connectivity index (χ0n) is 13.7. The lowest BCUT2D eigenvalue weighted by molar-refractivity contribution is -0.143. The lowest BCUT2D eigenvalue weighted by atomic mass is 10.0. The second-order valence-electron chi connectivity index (χ2n) is 5.80. The van der Waals surface area contributed by atoms with Gasteiger partial charge in [0.2, 0.25) is 0 Å². The van der Waals surface area contributed by atoms with Gasteiger partial charge in [0.05, 0.1) is 16.8 Å². The van der Waals surface area contributed by atoms with Crippen molar-refractivity contribution in [2.24, 2.45) is 0 Å². The van der Waals surface area contributed by atoms with Crippen LogP contribution >= 0.6 is 0 Å². The summed E-state index contributed by atoms with van der Waals surface area (Å²) in [6.07, 6.45) is -10.1. The number of hydrogen-bond donors (Lipinski definition) is 2. The van der Waals surface area contributed by atoms with E-state index in [4.69, 9.17) is 4.74 Å². The van der Waals surface area contributed by atoms with Gasteiger partial charge in [0, 0.05) is 17.3 Å². The summed E-state index contributed by atoms with van der Waals surface area (Å²) in [5, 5.41) is 4.70. The molecule has 0 spiro atoms. The van der Waals surface area contributed by atoms with Crippen LogP contribution in [0.15, 0.2) is 36.4 Å². The molecule has 0 radical (unpaired) electrons. The molecule has 1 aliphatic heterocycles. The molecular weight excluding hydrogens is 394 g/mol. The molecule has 0 aromatic heterocycles. The van der Waals surface area contributed by atoms with E-state index in [0.717, 1.165) is 0 Å². The van der Waals surface area contributed by atoms with E-state index in [1.807, 2.05) is 0 Å². The monoisotopic (exact) mass is 404 g/mol. The van der Waals surface area contributed by atoms with Crippen molar-refractivity contribution in [1.29, 1.82) is 0 Å². The van der Waals surface area contributed by atoms with Gasteiger partial charge >= 0.3 is 12.4 Å². The molecule has 148 valence electrons. The van der Waals surface area contributed by atoms with Gasteiger partial charge in [-0.1, -0.05) is 0 Å². The van der Waals surface area contributed by atoms with E-state index in [1.165, 1.54) is 18.2 Å². The highest BCUT2D eigenvalue weighted by Gasteiger charge is 2.37. The number of ether oxygens (including phenoxy) is 1. The van der Waals surface area contributed by atoms with Crippen LogP contribution in [0.1, 0.15) is 21.5 Å². The maximum absolute atomic E-state index is 12.9. The average Bonchev–Trinajstić information content (AvgIpc) is 2.60. The van der Waals surface area contributed by atoms with Crippen molar-refractivity contribution in [3.63, 3.8) is 0 Å². The number of amides is 2. The number of fused-ring (bicyclic) bond motifs is 1. The second-order valence-corrected chi connectivity index (χ2v) is 5.80. The van der Waals surface area contributed by atoms with E-state index in [0.29, 0.717) is 17.8 Å². The van der Waals surface area contributed by atoms with Crippen LogP contribution in [0.2, 0.25) is 0 Å². The van der Waals surface area contributed by atoms with E-state index in [2.05, 4.69) is 10.6 Å². The molecule has 2 N–H and O–H groups in total. The Labute approximate surface area is 153 Å². The van der Waals surface area contributed by atoms with Crippen LogP contribution in [0.5, 0.6) is 5.75 Å². The van der Waals surface area contributed by atoms with Gasteiger partial charge in [0.25, 0.3) is 11.8 Å². The van der Waals surface area contributed by atoms with Gasteiger partial charge in [-0.05, 0) is 30.3 Å². The zero-order valence-corrected chi connectivity index (χ0v) is 13.7. The van der Waals surface area contributed by atoms with Crippen LogP contribution in [0.4, 0.5) is 37.7 Å². The number of benzene rings is 2. The molecule has 0 atom stereocenters. The third-order valence-corrected chi connectivity index (χ3v) is 3.72. The smallest absolute Gasteiger partial charge is 0.416 e. The SMILES string of the molecule is O=C1COc2cc(NC(=O)c3cc(C(F)(F)F)cc(C(F)(F)F)c3)ccc2N1. The molecule has 2 amide bonds. The predicted octanol–water partition coefficient (Wildman–Crippen LogP) is 4.31. The molecule has 0 bridgehead atoms. The first kappa shape index (κ1) is 19.5. The Bertz CT molecular complexity index is 921. The Hall–Kier alpha value is -3.24. The van der Waals surface area contributed by atoms with Gasteiger partial charge in [-0.3, -0.25) is 9.59 Å². The summed E-state index contributed by atoms with van der Waals surface area (Å²) in [6.45, 7) is -0.271. The van der Waals surface area contributed by atoms with Gasteiger partial charge in [0.1, 0.15) is 5.75 Å². The Morgan fingerprint density at radius 3 is 2.14 bits per heavy atom. The standard InChI is InChI=1S/C17H10F6N2O3/c18-16(19,20)9-3-8(4-10(5-9)17(21,22)23)15(27)24-11-1-2-12-13(6-11)28-7-14(26)25-12/h1-6H,7H2,(H,24,27)(H,25,26). The van der Waals surface area contributed by atoms with Crippen LogP contribution in [0, 0.1) is 0 Å². The molecule has 3 rings (SSSR count). The van der Waals surface area contributed by atoms with Crippen molar-refractivity contribution in [3.8, 4) is 5.75 Å². The second kappa shape index (κ2) is 6.73. The third kappa shape index (κ3) is 4.18. The normalized spacial score (nSPS) is 14.0. The molecule has 0 fully saturated rings. The van der Waals surface area contributed by atoms with Crippen LogP contribution in [0.3, 0.4) is 0 Å². The summed E-state index contributed by atoms with van der Waals surface area (Å²) >= 11 is 0. The van der Waals surface area contributed by atoms with Crippen LogP contribution in [-0.2, 0) is 17.1 Å². The summed E-state index contributed by atoms with van der Waals surface area (Å²) in [7, 11) is 0. The minimum atomic E-state index is -5.06. The van der Waals surface area contributed by atoms with Gasteiger partial charge in [0.15, 0.2) is 6.61 Å². The predicted molar refractivity (Wildman–Crippen MR) is 85.0 cm³/mol. The number of alkyl halides is 6. The number of anilines is 2. The molecule has 2 aromatic carbocycles. The fourth-order valence-corrected chi connectivity index (χ4v) is 2.44. The van der Waals surface area contributed by atoms with Crippen molar-refractivity contribution in [2.75, 3.05) is 17.2 Å². The first-order chi connectivity index (χ1) is 12.9. The number of carbonyl (C=O) groups excluding carboxylic acids is 2. The van der Waals surface area contributed by atoms with E-state index in [1.54, 1.807) is 0 Å². The minimum Gasteiger partial charge on any atom is -0.482 e. The Morgan fingerprint density at radius 1 is 0.964 bits per heavy atom. The number of hydrogen-bond acceptors (Lipinski definition) is 3. The fraction of sp³-hybridized carbons (Fsp3) is 0.176. The average molecular weight is 404 g/mol. The van der Waals surface area contributed by atoms with Gasteiger partial charge in [-0.2, -0.15) is 26.3 Å². The van der Waals surface area contributed by atoms with Crippen molar-refractivity contribution >= 4 is 23.2 Å². The number of rotatable bonds is 2. The Balaban J connectivity index is 1.91. The number of carbonyl (C=O) groups is 2. The van der Waals surface area contributed by atoms with Crippen molar-refractivity contribution < 1.29 is 40.7 Å². The lowest BCUT2D eigenvalue weighted by Crippen LogP contribution is -2.25. The van der Waals surface area contributed by atoms with Crippen LogP contribution < -0.4 is 15.4 Å². The highest BCUT2D eigenvalue weighted by Crippen LogP contribution is 2.37. The number of halogens is 6. The Kier molecular flexibility index (Phi) is 4.69. The van der Waals surface area contributed by atoms with E-state index in [9.17, 15) is 35.9 Å². The van der Waals surface area contributed by atoms with Crippen molar-refractivity contribution in [1.82, 2.24) is 0 Å². The van der Waals surface area contributed by atoms with E-state index >= 15 is 0 Å². The molecule has 0 saturated carbocycles. The third-order valence-electron chi connectivity index (χ3n) is 3.72. The molecule has 11 heteroatoms. The molecule has 2 aromatic rings. The minimum absolute atomic E-state index is 0.0610. The Morgan fingerprint density at radius 2 is 1.57 bits per heavy atom. The van der Waals surface area contributed by atoms with Gasteiger partial charge < -0.3 is 15.4 Å². The van der Waals surface area contributed by atoms with Crippen LogP contribution in [0.25, 0.3) is 0 Å². The highest BCUT2D eigenvalue weighted by molar-refractivity contribution is 6.05. The first-order valence-electron chi connectivity index (χ1n) is 7.61. The maximum atomic E-state index is 12.9. The van der Waals surface area contributed by atoms with E-state index < -0.39 is 40.9 Å². The molecule has 0 saturated heterocycles. The number of nitrogens with one attached hydrogen (secondary N) is 2. The first-order valence-corrected chi connectivity index (χ1v) is 7.61. The largest absolute Gasteiger partial charge is 0.482 e.